The monoisotopic (exact) mass is 375 g/mol. The van der Waals surface area contributed by atoms with Crippen LogP contribution in [0.4, 0.5) is 11.5 Å². The first-order valence-corrected chi connectivity index (χ1v) is 8.43. The van der Waals surface area contributed by atoms with E-state index in [9.17, 15) is 4.79 Å². The van der Waals surface area contributed by atoms with Crippen molar-refractivity contribution in [3.63, 3.8) is 0 Å². The molecule has 8 nitrogen and oxygen atoms in total. The number of hydrogen-bond donors (Lipinski definition) is 2. The van der Waals surface area contributed by atoms with E-state index in [0.717, 1.165) is 18.8 Å². The molecule has 0 aliphatic rings. The van der Waals surface area contributed by atoms with Crippen LogP contribution >= 0.6 is 0 Å². The second-order valence-corrected chi connectivity index (χ2v) is 5.57. The van der Waals surface area contributed by atoms with Gasteiger partial charge >= 0.3 is 0 Å². The van der Waals surface area contributed by atoms with E-state index >= 15 is 0 Å². The molecule has 0 aliphatic heterocycles. The standard InChI is InChI=1S/C19H25N3O5/c1-24-9-5-8-20-17-7-6-14(12-21-17)22-19(23)13-10-15(25-2)18(27-4)16(11-13)26-3/h6-7,10-12H,5,8-9H2,1-4H3,(H,20,21)(H,22,23). The van der Waals surface area contributed by atoms with Crippen molar-refractivity contribution in [3.05, 3.63) is 36.0 Å². The first-order chi connectivity index (χ1) is 13.1. The lowest BCUT2D eigenvalue weighted by Crippen LogP contribution is -2.13. The minimum absolute atomic E-state index is 0.308. The quantitative estimate of drug-likeness (QED) is 0.617. The average Bonchev–Trinajstić information content (AvgIpc) is 2.71. The Hall–Kier alpha value is -3.00. The van der Waals surface area contributed by atoms with Crippen molar-refractivity contribution in [1.82, 2.24) is 4.98 Å². The van der Waals surface area contributed by atoms with Gasteiger partial charge in [-0.25, -0.2) is 4.98 Å². The second-order valence-electron chi connectivity index (χ2n) is 5.57. The van der Waals surface area contributed by atoms with Crippen LogP contribution in [0.25, 0.3) is 0 Å². The summed E-state index contributed by atoms with van der Waals surface area (Å²) in [6.45, 7) is 1.45. The van der Waals surface area contributed by atoms with E-state index in [1.54, 1.807) is 37.6 Å². The predicted molar refractivity (Wildman–Crippen MR) is 103 cm³/mol. The number of anilines is 2. The van der Waals surface area contributed by atoms with Crippen LogP contribution in [0.3, 0.4) is 0 Å². The molecule has 0 spiro atoms. The Morgan fingerprint density at radius 1 is 1.04 bits per heavy atom. The smallest absolute Gasteiger partial charge is 0.255 e. The lowest BCUT2D eigenvalue weighted by Gasteiger charge is -2.14. The molecule has 27 heavy (non-hydrogen) atoms. The van der Waals surface area contributed by atoms with Crippen molar-refractivity contribution in [3.8, 4) is 17.2 Å². The van der Waals surface area contributed by atoms with Gasteiger partial charge in [0.15, 0.2) is 11.5 Å². The Labute approximate surface area is 158 Å². The van der Waals surface area contributed by atoms with Crippen molar-refractivity contribution in [2.75, 3.05) is 52.2 Å². The molecule has 1 heterocycles. The van der Waals surface area contributed by atoms with Gasteiger partial charge in [0.25, 0.3) is 5.91 Å². The van der Waals surface area contributed by atoms with Crippen molar-refractivity contribution >= 4 is 17.4 Å². The highest BCUT2D eigenvalue weighted by Gasteiger charge is 2.17. The lowest BCUT2D eigenvalue weighted by atomic mass is 10.1. The van der Waals surface area contributed by atoms with E-state index < -0.39 is 0 Å². The predicted octanol–water partition coefficient (Wildman–Crippen LogP) is 2.81. The van der Waals surface area contributed by atoms with Gasteiger partial charge < -0.3 is 29.6 Å². The highest BCUT2D eigenvalue weighted by Crippen LogP contribution is 2.38. The van der Waals surface area contributed by atoms with Crippen molar-refractivity contribution < 1.29 is 23.7 Å². The van der Waals surface area contributed by atoms with Gasteiger partial charge in [-0.3, -0.25) is 4.79 Å². The number of carbonyl (C=O) groups is 1. The number of pyridine rings is 1. The van der Waals surface area contributed by atoms with Gasteiger partial charge in [0.05, 0.1) is 33.2 Å². The average molecular weight is 375 g/mol. The third-order valence-electron chi connectivity index (χ3n) is 3.78. The minimum atomic E-state index is -0.308. The van der Waals surface area contributed by atoms with Gasteiger partial charge in [0, 0.05) is 25.8 Å². The normalized spacial score (nSPS) is 10.2. The molecule has 0 atom stereocenters. The summed E-state index contributed by atoms with van der Waals surface area (Å²) in [5.41, 5.74) is 0.961. The summed E-state index contributed by atoms with van der Waals surface area (Å²) in [5.74, 6) is 1.68. The molecular weight excluding hydrogens is 350 g/mol. The molecule has 0 radical (unpaired) electrons. The van der Waals surface area contributed by atoms with Crippen LogP contribution in [0.2, 0.25) is 0 Å². The molecular formula is C19H25N3O5. The third kappa shape index (κ3) is 5.49. The number of carbonyl (C=O) groups excluding carboxylic acids is 1. The summed E-state index contributed by atoms with van der Waals surface area (Å²) in [6, 6.07) is 6.77. The van der Waals surface area contributed by atoms with Crippen molar-refractivity contribution in [2.24, 2.45) is 0 Å². The molecule has 1 aromatic heterocycles. The molecule has 0 unspecified atom stereocenters. The summed E-state index contributed by atoms with van der Waals surface area (Å²) < 4.78 is 20.8. The van der Waals surface area contributed by atoms with E-state index in [1.807, 2.05) is 0 Å². The molecule has 2 N–H and O–H groups in total. The summed E-state index contributed by atoms with van der Waals surface area (Å²) in [4.78, 5) is 16.8. The summed E-state index contributed by atoms with van der Waals surface area (Å²) in [6.07, 6.45) is 2.48. The van der Waals surface area contributed by atoms with Crippen LogP contribution in [0.1, 0.15) is 16.8 Å². The van der Waals surface area contributed by atoms with E-state index in [1.165, 1.54) is 21.3 Å². The van der Waals surface area contributed by atoms with E-state index in [-0.39, 0.29) is 5.91 Å². The number of amides is 1. The number of ether oxygens (including phenoxy) is 4. The van der Waals surface area contributed by atoms with Crippen molar-refractivity contribution in [2.45, 2.75) is 6.42 Å². The molecule has 2 rings (SSSR count). The maximum absolute atomic E-state index is 12.6. The largest absolute Gasteiger partial charge is 0.493 e. The Morgan fingerprint density at radius 3 is 2.26 bits per heavy atom. The van der Waals surface area contributed by atoms with Gasteiger partial charge in [0.1, 0.15) is 5.82 Å². The molecule has 146 valence electrons. The Morgan fingerprint density at radius 2 is 1.74 bits per heavy atom. The van der Waals surface area contributed by atoms with Crippen LogP contribution < -0.4 is 24.8 Å². The zero-order chi connectivity index (χ0) is 19.6. The Kier molecular flexibility index (Phi) is 7.69. The van der Waals surface area contributed by atoms with Crippen LogP contribution in [-0.4, -0.2) is 52.5 Å². The molecule has 0 bridgehead atoms. The molecule has 0 fully saturated rings. The lowest BCUT2D eigenvalue weighted by molar-refractivity contribution is 0.102. The van der Waals surface area contributed by atoms with Crippen LogP contribution in [0.5, 0.6) is 17.2 Å². The number of benzene rings is 1. The number of nitrogens with one attached hydrogen (secondary N) is 2. The number of rotatable bonds is 10. The second kappa shape index (κ2) is 10.2. The van der Waals surface area contributed by atoms with E-state index in [4.69, 9.17) is 18.9 Å². The first kappa shape index (κ1) is 20.3. The molecule has 1 amide bonds. The summed E-state index contributed by atoms with van der Waals surface area (Å²) in [5, 5.41) is 5.98. The van der Waals surface area contributed by atoms with Crippen LogP contribution in [0, 0.1) is 0 Å². The van der Waals surface area contributed by atoms with Gasteiger partial charge in [0.2, 0.25) is 5.75 Å². The molecule has 1 aromatic carbocycles. The van der Waals surface area contributed by atoms with Crippen LogP contribution in [0.15, 0.2) is 30.5 Å². The first-order valence-electron chi connectivity index (χ1n) is 8.43. The third-order valence-corrected chi connectivity index (χ3v) is 3.78. The topological polar surface area (TPSA) is 90.9 Å². The number of nitrogens with zero attached hydrogens (tertiary/aromatic N) is 1. The Bertz CT molecular complexity index is 725. The number of methoxy groups -OCH3 is 4. The van der Waals surface area contributed by atoms with Gasteiger partial charge in [-0.05, 0) is 30.7 Å². The molecule has 0 saturated heterocycles. The highest BCUT2D eigenvalue weighted by atomic mass is 16.5. The molecule has 0 saturated carbocycles. The zero-order valence-corrected chi connectivity index (χ0v) is 16.0. The Balaban J connectivity index is 2.06. The molecule has 8 heteroatoms. The fraction of sp³-hybridized carbons (Fsp3) is 0.368. The van der Waals surface area contributed by atoms with E-state index in [2.05, 4.69) is 15.6 Å². The van der Waals surface area contributed by atoms with Crippen molar-refractivity contribution in [1.29, 1.82) is 0 Å². The molecule has 2 aromatic rings. The fourth-order valence-electron chi connectivity index (χ4n) is 2.42. The molecule has 0 aliphatic carbocycles. The van der Waals surface area contributed by atoms with Crippen LogP contribution in [-0.2, 0) is 4.74 Å². The maximum Gasteiger partial charge on any atom is 0.255 e. The highest BCUT2D eigenvalue weighted by molar-refractivity contribution is 6.05. The summed E-state index contributed by atoms with van der Waals surface area (Å²) in [7, 11) is 6.18. The summed E-state index contributed by atoms with van der Waals surface area (Å²) >= 11 is 0. The van der Waals surface area contributed by atoms with Gasteiger partial charge in [-0.2, -0.15) is 0 Å². The zero-order valence-electron chi connectivity index (χ0n) is 16.0. The van der Waals surface area contributed by atoms with Gasteiger partial charge in [-0.15, -0.1) is 0 Å². The van der Waals surface area contributed by atoms with E-state index in [0.29, 0.717) is 35.1 Å². The number of hydrogen-bond acceptors (Lipinski definition) is 7. The fourth-order valence-corrected chi connectivity index (χ4v) is 2.42. The number of aromatic nitrogens is 1. The maximum atomic E-state index is 12.6. The van der Waals surface area contributed by atoms with Gasteiger partial charge in [-0.1, -0.05) is 0 Å². The SMILES string of the molecule is COCCCNc1ccc(NC(=O)c2cc(OC)c(OC)c(OC)c2)cn1. The minimum Gasteiger partial charge on any atom is -0.493 e.